The highest BCUT2D eigenvalue weighted by atomic mass is 79.9. The third-order valence-corrected chi connectivity index (χ3v) is 3.22. The Kier molecular flexibility index (Phi) is 4.09. The van der Waals surface area contributed by atoms with Gasteiger partial charge in [-0.1, -0.05) is 28.1 Å². The number of hydrogen-bond donors (Lipinski definition) is 1. The first-order chi connectivity index (χ1) is 8.56. The van der Waals surface area contributed by atoms with E-state index in [2.05, 4.69) is 15.9 Å². The highest BCUT2D eigenvalue weighted by molar-refractivity contribution is 9.10. The summed E-state index contributed by atoms with van der Waals surface area (Å²) in [5.74, 6) is -0.880. The van der Waals surface area contributed by atoms with E-state index in [0.717, 1.165) is 22.2 Å². The van der Waals surface area contributed by atoms with E-state index in [1.165, 1.54) is 6.07 Å². The summed E-state index contributed by atoms with van der Waals surface area (Å²) in [6.45, 7) is 0. The summed E-state index contributed by atoms with van der Waals surface area (Å²) >= 11 is 3.35. The van der Waals surface area contributed by atoms with Gasteiger partial charge in [-0.05, 0) is 47.9 Å². The second kappa shape index (κ2) is 5.59. The summed E-state index contributed by atoms with van der Waals surface area (Å²) in [7, 11) is 0. The first kappa shape index (κ1) is 13.2. The van der Waals surface area contributed by atoms with E-state index < -0.39 is 11.6 Å². The Bertz CT molecular complexity index is 557. The first-order valence-corrected chi connectivity index (χ1v) is 6.30. The summed E-state index contributed by atoms with van der Waals surface area (Å²) in [6, 6.07) is 10.5. The van der Waals surface area contributed by atoms with Gasteiger partial charge < -0.3 is 5.73 Å². The minimum Gasteiger partial charge on any atom is -0.324 e. The number of halogens is 3. The Hall–Kier alpha value is -1.26. The molecule has 4 heteroatoms. The van der Waals surface area contributed by atoms with Crippen molar-refractivity contribution in [1.29, 1.82) is 0 Å². The van der Waals surface area contributed by atoms with Gasteiger partial charge in [-0.25, -0.2) is 8.78 Å². The first-order valence-electron chi connectivity index (χ1n) is 5.51. The minimum atomic E-state index is -0.451. The summed E-state index contributed by atoms with van der Waals surface area (Å²) in [6.07, 6.45) is 0.264. The van der Waals surface area contributed by atoms with E-state index in [1.807, 2.05) is 24.3 Å². The third kappa shape index (κ3) is 3.15. The van der Waals surface area contributed by atoms with E-state index in [1.54, 1.807) is 0 Å². The molecule has 2 N–H and O–H groups in total. The van der Waals surface area contributed by atoms with Gasteiger partial charge in [0.25, 0.3) is 0 Å². The molecule has 0 amide bonds. The van der Waals surface area contributed by atoms with Crippen LogP contribution in [0.3, 0.4) is 0 Å². The molecule has 0 spiro atoms. The maximum absolute atomic E-state index is 13.5. The highest BCUT2D eigenvalue weighted by Gasteiger charge is 2.11. The van der Waals surface area contributed by atoms with Gasteiger partial charge in [0.1, 0.15) is 11.6 Å². The van der Waals surface area contributed by atoms with Gasteiger partial charge in [0, 0.05) is 10.5 Å². The van der Waals surface area contributed by atoms with Crippen LogP contribution in [0.4, 0.5) is 8.78 Å². The zero-order chi connectivity index (χ0) is 13.1. The Labute approximate surface area is 113 Å². The molecule has 1 unspecified atom stereocenters. The molecule has 0 aromatic heterocycles. The van der Waals surface area contributed by atoms with Crippen LogP contribution in [0.25, 0.3) is 0 Å². The van der Waals surface area contributed by atoms with Crippen molar-refractivity contribution in [2.45, 2.75) is 12.5 Å². The fraction of sp³-hybridized carbons (Fsp3) is 0.143. The summed E-state index contributed by atoms with van der Waals surface area (Å²) in [4.78, 5) is 0. The van der Waals surface area contributed by atoms with Gasteiger partial charge in [0.15, 0.2) is 0 Å². The van der Waals surface area contributed by atoms with Gasteiger partial charge >= 0.3 is 0 Å². The van der Waals surface area contributed by atoms with E-state index in [-0.39, 0.29) is 12.5 Å². The number of rotatable bonds is 3. The molecule has 0 aliphatic carbocycles. The maximum Gasteiger partial charge on any atom is 0.126 e. The van der Waals surface area contributed by atoms with Crippen molar-refractivity contribution in [1.82, 2.24) is 0 Å². The molecule has 2 aromatic rings. The van der Waals surface area contributed by atoms with E-state index in [0.29, 0.717) is 5.56 Å². The molecule has 18 heavy (non-hydrogen) atoms. The second-order valence-corrected chi connectivity index (χ2v) is 5.02. The maximum atomic E-state index is 13.5. The standard InChI is InChI=1S/C14H12BrF2N/c15-11-3-1-2-9(6-11)14(18)8-10-7-12(16)4-5-13(10)17/h1-7,14H,8,18H2. The van der Waals surface area contributed by atoms with Gasteiger partial charge in [-0.2, -0.15) is 0 Å². The molecule has 94 valence electrons. The normalized spacial score (nSPS) is 12.4. The topological polar surface area (TPSA) is 26.0 Å². The molecule has 0 fully saturated rings. The van der Waals surface area contributed by atoms with Crippen LogP contribution in [0, 0.1) is 11.6 Å². The van der Waals surface area contributed by atoms with E-state index >= 15 is 0 Å². The van der Waals surface area contributed by atoms with Crippen molar-refractivity contribution < 1.29 is 8.78 Å². The average molecular weight is 312 g/mol. The van der Waals surface area contributed by atoms with Crippen molar-refractivity contribution in [3.63, 3.8) is 0 Å². The lowest BCUT2D eigenvalue weighted by Gasteiger charge is -2.13. The third-order valence-electron chi connectivity index (χ3n) is 2.72. The molecule has 0 bridgehead atoms. The van der Waals surface area contributed by atoms with E-state index in [4.69, 9.17) is 5.73 Å². The van der Waals surface area contributed by atoms with Crippen LogP contribution in [0.15, 0.2) is 46.9 Å². The lowest BCUT2D eigenvalue weighted by Crippen LogP contribution is -2.14. The van der Waals surface area contributed by atoms with Crippen molar-refractivity contribution in [3.8, 4) is 0 Å². The van der Waals surface area contributed by atoms with Crippen molar-refractivity contribution in [2.75, 3.05) is 0 Å². The van der Waals surface area contributed by atoms with Gasteiger partial charge in [-0.3, -0.25) is 0 Å². The summed E-state index contributed by atoms with van der Waals surface area (Å²) in [5, 5.41) is 0. The Morgan fingerprint density at radius 3 is 2.61 bits per heavy atom. The molecule has 1 atom stereocenters. The fourth-order valence-electron chi connectivity index (χ4n) is 1.79. The number of nitrogens with two attached hydrogens (primary N) is 1. The van der Waals surface area contributed by atoms with Crippen LogP contribution >= 0.6 is 15.9 Å². The van der Waals surface area contributed by atoms with Crippen LogP contribution in [0.1, 0.15) is 17.2 Å². The van der Waals surface area contributed by atoms with Crippen molar-refractivity contribution in [2.24, 2.45) is 5.73 Å². The van der Waals surface area contributed by atoms with Crippen LogP contribution in [0.2, 0.25) is 0 Å². The second-order valence-electron chi connectivity index (χ2n) is 4.10. The largest absolute Gasteiger partial charge is 0.324 e. The predicted molar refractivity (Wildman–Crippen MR) is 71.1 cm³/mol. The Morgan fingerprint density at radius 2 is 1.89 bits per heavy atom. The molecule has 0 radical (unpaired) electrons. The van der Waals surface area contributed by atoms with Crippen LogP contribution in [-0.4, -0.2) is 0 Å². The quantitative estimate of drug-likeness (QED) is 0.912. The lowest BCUT2D eigenvalue weighted by molar-refractivity contribution is 0.572. The van der Waals surface area contributed by atoms with E-state index in [9.17, 15) is 8.78 Å². The zero-order valence-electron chi connectivity index (χ0n) is 9.54. The van der Waals surface area contributed by atoms with Crippen molar-refractivity contribution in [3.05, 3.63) is 69.7 Å². The molecular weight excluding hydrogens is 300 g/mol. The van der Waals surface area contributed by atoms with Crippen molar-refractivity contribution >= 4 is 15.9 Å². The Balaban J connectivity index is 2.21. The summed E-state index contributed by atoms with van der Waals surface area (Å²) < 4.78 is 27.5. The smallest absolute Gasteiger partial charge is 0.126 e. The highest BCUT2D eigenvalue weighted by Crippen LogP contribution is 2.21. The molecule has 0 saturated carbocycles. The van der Waals surface area contributed by atoms with Crippen LogP contribution in [-0.2, 0) is 6.42 Å². The lowest BCUT2D eigenvalue weighted by atomic mass is 9.99. The number of benzene rings is 2. The monoisotopic (exact) mass is 311 g/mol. The zero-order valence-corrected chi connectivity index (χ0v) is 11.1. The van der Waals surface area contributed by atoms with Gasteiger partial charge in [0.2, 0.25) is 0 Å². The molecular formula is C14H12BrF2N. The van der Waals surface area contributed by atoms with Crippen LogP contribution < -0.4 is 5.73 Å². The van der Waals surface area contributed by atoms with Gasteiger partial charge in [-0.15, -0.1) is 0 Å². The molecule has 2 aromatic carbocycles. The molecule has 0 aliphatic rings. The van der Waals surface area contributed by atoms with Crippen LogP contribution in [0.5, 0.6) is 0 Å². The minimum absolute atomic E-state index is 0.264. The Morgan fingerprint density at radius 1 is 1.11 bits per heavy atom. The molecule has 2 rings (SSSR count). The molecule has 0 aliphatic heterocycles. The fourth-order valence-corrected chi connectivity index (χ4v) is 2.21. The predicted octanol–water partition coefficient (Wildman–Crippen LogP) is 3.97. The molecule has 0 heterocycles. The molecule has 1 nitrogen and oxygen atoms in total. The SMILES string of the molecule is NC(Cc1cc(F)ccc1F)c1cccc(Br)c1. The van der Waals surface area contributed by atoms with Gasteiger partial charge in [0.05, 0.1) is 0 Å². The molecule has 0 saturated heterocycles. The average Bonchev–Trinajstić information content (AvgIpc) is 2.34. The number of hydrogen-bond acceptors (Lipinski definition) is 1. The summed E-state index contributed by atoms with van der Waals surface area (Å²) in [5.41, 5.74) is 7.18.